The molecule has 0 bridgehead atoms. The molecule has 180 valence electrons. The molecule has 0 amide bonds. The summed E-state index contributed by atoms with van der Waals surface area (Å²) >= 11 is 0. The first-order valence-electron chi connectivity index (χ1n) is 10.4. The van der Waals surface area contributed by atoms with Crippen LogP contribution in [-0.2, 0) is 10.9 Å². The lowest BCUT2D eigenvalue weighted by Gasteiger charge is -2.14. The highest BCUT2D eigenvalue weighted by atomic mass is 19.4. The van der Waals surface area contributed by atoms with Crippen LogP contribution < -0.4 is 9.47 Å². The maximum absolute atomic E-state index is 13.8. The van der Waals surface area contributed by atoms with Gasteiger partial charge in [0.1, 0.15) is 23.4 Å². The molecule has 0 aliphatic rings. The summed E-state index contributed by atoms with van der Waals surface area (Å²) in [5, 5.41) is 4.95. The predicted octanol–water partition coefficient (Wildman–Crippen LogP) is 5.69. The quantitative estimate of drug-likeness (QED) is 0.346. The fraction of sp³-hybridized carbons (Fsp3) is 0.304. The molecular weight excluding hydrogens is 456 g/mol. The number of aromatic nitrogens is 4. The van der Waals surface area contributed by atoms with E-state index < -0.39 is 23.7 Å². The van der Waals surface area contributed by atoms with Gasteiger partial charge in [-0.15, -0.1) is 5.10 Å². The highest BCUT2D eigenvalue weighted by Gasteiger charge is 2.36. The number of fused-ring (bicyclic) bond motifs is 1. The monoisotopic (exact) mass is 478 g/mol. The van der Waals surface area contributed by atoms with Crippen molar-refractivity contribution in [1.82, 2.24) is 19.7 Å². The highest BCUT2D eigenvalue weighted by molar-refractivity contribution is 5.94. The molecule has 1 unspecified atom stereocenters. The van der Waals surface area contributed by atoms with Crippen LogP contribution in [0, 0.1) is 5.82 Å². The van der Waals surface area contributed by atoms with Gasteiger partial charge in [-0.05, 0) is 50.2 Å². The van der Waals surface area contributed by atoms with E-state index in [0.29, 0.717) is 40.8 Å². The average molecular weight is 478 g/mol. The molecule has 0 aliphatic carbocycles. The van der Waals surface area contributed by atoms with Gasteiger partial charge in [0.15, 0.2) is 11.6 Å². The second kappa shape index (κ2) is 8.98. The Bertz CT molecular complexity index is 1290. The molecule has 0 aliphatic heterocycles. The van der Waals surface area contributed by atoms with Crippen molar-refractivity contribution in [3.8, 4) is 28.7 Å². The van der Waals surface area contributed by atoms with Crippen LogP contribution in [0.4, 0.5) is 17.6 Å². The van der Waals surface area contributed by atoms with Gasteiger partial charge in [-0.1, -0.05) is 0 Å². The van der Waals surface area contributed by atoms with Gasteiger partial charge in [-0.25, -0.2) is 14.1 Å². The Balaban J connectivity index is 2.00. The van der Waals surface area contributed by atoms with Gasteiger partial charge in [0.05, 0.1) is 36.7 Å². The van der Waals surface area contributed by atoms with Crippen molar-refractivity contribution < 1.29 is 31.8 Å². The number of halogens is 4. The maximum atomic E-state index is 13.8. The first kappa shape index (κ1) is 23.6. The molecule has 11 heteroatoms. The number of H-pyrrole nitrogens is 1. The van der Waals surface area contributed by atoms with Crippen molar-refractivity contribution in [2.75, 3.05) is 20.8 Å². The predicted molar refractivity (Wildman–Crippen MR) is 117 cm³/mol. The van der Waals surface area contributed by atoms with E-state index in [-0.39, 0.29) is 17.3 Å². The Morgan fingerprint density at radius 2 is 1.76 bits per heavy atom. The number of rotatable bonds is 7. The largest absolute Gasteiger partial charge is 0.496 e. The maximum Gasteiger partial charge on any atom is 0.418 e. The minimum absolute atomic E-state index is 0.0824. The zero-order chi connectivity index (χ0) is 24.6. The van der Waals surface area contributed by atoms with Gasteiger partial charge in [-0.3, -0.25) is 0 Å². The number of hydrogen-bond donors (Lipinski definition) is 1. The summed E-state index contributed by atoms with van der Waals surface area (Å²) in [7, 11) is 3.01. The van der Waals surface area contributed by atoms with Gasteiger partial charge in [0, 0.05) is 12.0 Å². The molecule has 2 aromatic carbocycles. The summed E-state index contributed by atoms with van der Waals surface area (Å²) < 4.78 is 72.6. The summed E-state index contributed by atoms with van der Waals surface area (Å²) in [5.41, 5.74) is -0.622. The van der Waals surface area contributed by atoms with E-state index in [1.807, 2.05) is 0 Å². The first-order chi connectivity index (χ1) is 16.2. The summed E-state index contributed by atoms with van der Waals surface area (Å²) in [6.45, 7) is 3.84. The topological polar surface area (TPSA) is 74.2 Å². The van der Waals surface area contributed by atoms with Gasteiger partial charge >= 0.3 is 6.18 Å². The van der Waals surface area contributed by atoms with Crippen LogP contribution >= 0.6 is 0 Å². The first-order valence-corrected chi connectivity index (χ1v) is 10.4. The van der Waals surface area contributed by atoms with Crippen LogP contribution in [0.1, 0.15) is 31.3 Å². The van der Waals surface area contributed by atoms with Crippen LogP contribution in [0.25, 0.3) is 28.1 Å². The van der Waals surface area contributed by atoms with Crippen LogP contribution in [0.3, 0.4) is 0 Å². The van der Waals surface area contributed by atoms with E-state index in [9.17, 15) is 17.6 Å². The Hall–Kier alpha value is -3.60. The van der Waals surface area contributed by atoms with E-state index in [4.69, 9.17) is 14.2 Å². The number of nitrogens with one attached hydrogen (secondary N) is 1. The molecule has 34 heavy (non-hydrogen) atoms. The molecule has 4 aromatic rings. The van der Waals surface area contributed by atoms with Gasteiger partial charge < -0.3 is 19.2 Å². The highest BCUT2D eigenvalue weighted by Crippen LogP contribution is 2.39. The third-order valence-electron chi connectivity index (χ3n) is 5.29. The molecule has 4 rings (SSSR count). The number of hydrogen-bond acceptors (Lipinski definition) is 5. The normalized spacial score (nSPS) is 12.8. The van der Waals surface area contributed by atoms with Crippen molar-refractivity contribution in [2.24, 2.45) is 0 Å². The second-order valence-electron chi connectivity index (χ2n) is 7.40. The average Bonchev–Trinajstić information content (AvgIpc) is 3.43. The summed E-state index contributed by atoms with van der Waals surface area (Å²) in [5.74, 6) is 0.283. The molecular formula is C23H22F4N4O3. The SMILES string of the molecule is CCOC(C)c1nc(-c2cc3c(OC)ccc(OC)c3[nH]2)n(-c2ccc(F)cc2C(F)(F)F)n1. The van der Waals surface area contributed by atoms with E-state index in [0.717, 1.165) is 16.8 Å². The number of methoxy groups -OCH3 is 2. The molecule has 7 nitrogen and oxygen atoms in total. The fourth-order valence-electron chi connectivity index (χ4n) is 3.72. The number of ether oxygens (including phenoxy) is 3. The lowest BCUT2D eigenvalue weighted by Crippen LogP contribution is -2.13. The zero-order valence-corrected chi connectivity index (χ0v) is 18.8. The number of aromatic amines is 1. The van der Waals surface area contributed by atoms with Crippen molar-refractivity contribution in [1.29, 1.82) is 0 Å². The summed E-state index contributed by atoms with van der Waals surface area (Å²) in [6.07, 6.45) is -5.41. The molecule has 2 aromatic heterocycles. The van der Waals surface area contributed by atoms with Crippen LogP contribution in [0.5, 0.6) is 11.5 Å². The van der Waals surface area contributed by atoms with E-state index in [1.165, 1.54) is 14.2 Å². The molecule has 0 spiro atoms. The van der Waals surface area contributed by atoms with E-state index in [2.05, 4.69) is 15.1 Å². The molecule has 0 radical (unpaired) electrons. The second-order valence-corrected chi connectivity index (χ2v) is 7.40. The van der Waals surface area contributed by atoms with Gasteiger partial charge in [0.2, 0.25) is 0 Å². The Kier molecular flexibility index (Phi) is 6.22. The Morgan fingerprint density at radius 1 is 1.06 bits per heavy atom. The summed E-state index contributed by atoms with van der Waals surface area (Å²) in [6, 6.07) is 7.51. The Morgan fingerprint density at radius 3 is 2.41 bits per heavy atom. The van der Waals surface area contributed by atoms with Crippen LogP contribution in [0.2, 0.25) is 0 Å². The number of alkyl halides is 3. The van der Waals surface area contributed by atoms with E-state index >= 15 is 0 Å². The van der Waals surface area contributed by atoms with Crippen molar-refractivity contribution in [3.63, 3.8) is 0 Å². The minimum atomic E-state index is -4.82. The van der Waals surface area contributed by atoms with E-state index in [1.54, 1.807) is 32.0 Å². The van der Waals surface area contributed by atoms with Gasteiger partial charge in [-0.2, -0.15) is 13.2 Å². The lowest BCUT2D eigenvalue weighted by molar-refractivity contribution is -0.137. The van der Waals surface area contributed by atoms with Crippen LogP contribution in [-0.4, -0.2) is 40.6 Å². The summed E-state index contributed by atoms with van der Waals surface area (Å²) in [4.78, 5) is 7.63. The third-order valence-corrected chi connectivity index (χ3v) is 5.29. The minimum Gasteiger partial charge on any atom is -0.496 e. The Labute approximate surface area is 192 Å². The van der Waals surface area contributed by atoms with Crippen molar-refractivity contribution in [3.05, 3.63) is 53.6 Å². The van der Waals surface area contributed by atoms with Gasteiger partial charge in [0.25, 0.3) is 0 Å². The molecule has 1 N–H and O–H groups in total. The zero-order valence-electron chi connectivity index (χ0n) is 18.8. The standard InChI is InChI=1S/C23H22F4N4O3/c1-5-34-12(2)21-29-22(16-11-14-18(32-3)8-9-19(33-4)20(14)28-16)31(30-21)17-7-6-13(24)10-15(17)23(25,26)27/h6-12,28H,5H2,1-4H3. The van der Waals surface area contributed by atoms with Crippen molar-refractivity contribution >= 4 is 10.9 Å². The number of benzene rings is 2. The van der Waals surface area contributed by atoms with Crippen molar-refractivity contribution in [2.45, 2.75) is 26.1 Å². The lowest BCUT2D eigenvalue weighted by atomic mass is 10.1. The molecule has 0 fully saturated rings. The molecule has 0 saturated heterocycles. The number of nitrogens with zero attached hydrogens (tertiary/aromatic N) is 3. The third kappa shape index (κ3) is 4.18. The fourth-order valence-corrected chi connectivity index (χ4v) is 3.72. The molecule has 0 saturated carbocycles. The molecule has 1 atom stereocenters. The smallest absolute Gasteiger partial charge is 0.418 e. The molecule has 2 heterocycles. The van der Waals surface area contributed by atoms with Crippen LogP contribution in [0.15, 0.2) is 36.4 Å².